The lowest BCUT2D eigenvalue weighted by molar-refractivity contribution is 0.0818. The summed E-state index contributed by atoms with van der Waals surface area (Å²) in [6.45, 7) is 2.13. The number of amides is 1. The third kappa shape index (κ3) is 3.23. The Balaban J connectivity index is 1.64. The van der Waals surface area contributed by atoms with Gasteiger partial charge >= 0.3 is 0 Å². The second kappa shape index (κ2) is 6.56. The van der Waals surface area contributed by atoms with Crippen LogP contribution in [0.5, 0.6) is 0 Å². The van der Waals surface area contributed by atoms with Crippen LogP contribution < -0.4 is 0 Å². The lowest BCUT2D eigenvalue weighted by Crippen LogP contribution is -2.23. The van der Waals surface area contributed by atoms with E-state index < -0.39 is 0 Å². The quantitative estimate of drug-likeness (QED) is 0.764. The molecule has 2 heterocycles. The van der Waals surface area contributed by atoms with E-state index in [4.69, 9.17) is 0 Å². The number of fused-ring (bicyclic) bond motifs is 1. The summed E-state index contributed by atoms with van der Waals surface area (Å²) >= 11 is 0. The minimum absolute atomic E-state index is 0.0529. The molecule has 0 unspecified atom stereocenters. The highest BCUT2D eigenvalue weighted by Gasteiger charge is 2.13. The van der Waals surface area contributed by atoms with Crippen molar-refractivity contribution in [3.05, 3.63) is 59.0 Å². The smallest absolute Gasteiger partial charge is 0.269 e. The fourth-order valence-electron chi connectivity index (χ4n) is 3.17. The highest BCUT2D eigenvalue weighted by Crippen LogP contribution is 2.20. The van der Waals surface area contributed by atoms with Crippen LogP contribution in [0.4, 0.5) is 0 Å². The molecule has 4 heteroatoms. The van der Waals surface area contributed by atoms with Crippen molar-refractivity contribution in [1.29, 1.82) is 0 Å². The molecule has 0 fully saturated rings. The van der Waals surface area contributed by atoms with E-state index in [0.717, 1.165) is 25.0 Å². The number of aryl methyl sites for hydroxylation is 4. The van der Waals surface area contributed by atoms with E-state index >= 15 is 0 Å². The van der Waals surface area contributed by atoms with Gasteiger partial charge in [-0.2, -0.15) is 0 Å². The van der Waals surface area contributed by atoms with Crippen molar-refractivity contribution in [2.75, 3.05) is 14.1 Å². The van der Waals surface area contributed by atoms with E-state index in [1.54, 1.807) is 19.0 Å². The first-order chi connectivity index (χ1) is 11.5. The molecule has 0 saturated carbocycles. The van der Waals surface area contributed by atoms with Gasteiger partial charge in [-0.3, -0.25) is 4.79 Å². The van der Waals surface area contributed by atoms with Crippen molar-refractivity contribution >= 4 is 16.8 Å². The van der Waals surface area contributed by atoms with Gasteiger partial charge in [0.15, 0.2) is 0 Å². The van der Waals surface area contributed by atoms with Gasteiger partial charge in [0.1, 0.15) is 5.69 Å². The Labute approximate surface area is 143 Å². The molecule has 126 valence electrons. The predicted octanol–water partition coefficient (Wildman–Crippen LogP) is 3.69. The van der Waals surface area contributed by atoms with Gasteiger partial charge in [0.2, 0.25) is 0 Å². The summed E-state index contributed by atoms with van der Waals surface area (Å²) in [5, 5.41) is 1.31. The number of H-pyrrole nitrogens is 1. The van der Waals surface area contributed by atoms with Crippen LogP contribution in [0.25, 0.3) is 10.9 Å². The van der Waals surface area contributed by atoms with Crippen molar-refractivity contribution in [2.45, 2.75) is 26.2 Å². The number of carbonyl (C=O) groups is 1. The number of hydrogen-bond donors (Lipinski definition) is 1. The third-order valence-electron chi connectivity index (χ3n) is 4.57. The van der Waals surface area contributed by atoms with Crippen molar-refractivity contribution < 1.29 is 4.79 Å². The van der Waals surface area contributed by atoms with Crippen LogP contribution in [0.15, 0.2) is 36.7 Å². The van der Waals surface area contributed by atoms with E-state index in [-0.39, 0.29) is 5.91 Å². The molecule has 0 aliphatic carbocycles. The summed E-state index contributed by atoms with van der Waals surface area (Å²) in [5.41, 5.74) is 5.83. The Hall–Kier alpha value is -2.49. The molecule has 3 aromatic rings. The maximum absolute atomic E-state index is 12.1. The zero-order chi connectivity index (χ0) is 17.3. The molecule has 0 atom stereocenters. The zero-order valence-electron chi connectivity index (χ0n) is 14.9. The van der Waals surface area contributed by atoms with Crippen LogP contribution >= 0.6 is 0 Å². The second-order valence-corrected chi connectivity index (χ2v) is 6.75. The highest BCUT2D eigenvalue weighted by molar-refractivity contribution is 5.92. The highest BCUT2D eigenvalue weighted by atomic mass is 16.2. The van der Waals surface area contributed by atoms with Crippen LogP contribution in [0.1, 0.15) is 33.6 Å². The van der Waals surface area contributed by atoms with Crippen molar-refractivity contribution in [3.63, 3.8) is 0 Å². The third-order valence-corrected chi connectivity index (χ3v) is 4.57. The Kier molecular flexibility index (Phi) is 4.47. The van der Waals surface area contributed by atoms with Crippen LogP contribution in [-0.2, 0) is 19.9 Å². The Morgan fingerprint density at radius 2 is 1.92 bits per heavy atom. The van der Waals surface area contributed by atoms with Gasteiger partial charge in [0.25, 0.3) is 5.91 Å². The first kappa shape index (κ1) is 16.4. The second-order valence-electron chi connectivity index (χ2n) is 6.75. The first-order valence-corrected chi connectivity index (χ1v) is 8.39. The van der Waals surface area contributed by atoms with Crippen molar-refractivity contribution in [1.82, 2.24) is 14.5 Å². The predicted molar refractivity (Wildman–Crippen MR) is 98.5 cm³/mol. The van der Waals surface area contributed by atoms with Crippen LogP contribution in [0.3, 0.4) is 0 Å². The van der Waals surface area contributed by atoms with Gasteiger partial charge in [0, 0.05) is 44.4 Å². The molecule has 0 saturated heterocycles. The summed E-state index contributed by atoms with van der Waals surface area (Å²) in [7, 11) is 5.51. The van der Waals surface area contributed by atoms with E-state index in [9.17, 15) is 4.79 Å². The molecule has 1 N–H and O–H groups in total. The number of aromatic amines is 1. The minimum Gasteiger partial charge on any atom is -0.361 e. The van der Waals surface area contributed by atoms with E-state index in [0.29, 0.717) is 0 Å². The number of nitrogens with one attached hydrogen (secondary N) is 1. The lowest BCUT2D eigenvalue weighted by atomic mass is 10.0. The molecule has 4 nitrogen and oxygen atoms in total. The largest absolute Gasteiger partial charge is 0.361 e. The van der Waals surface area contributed by atoms with Gasteiger partial charge < -0.3 is 14.5 Å². The lowest BCUT2D eigenvalue weighted by Gasteiger charge is -2.10. The summed E-state index contributed by atoms with van der Waals surface area (Å²) in [6, 6.07) is 8.66. The SMILES string of the molecule is Cc1c[nH]c2ccc(CCCc3cc(C(=O)N(C)C)n(C)c3)cc12. The number of nitrogens with zero attached hydrogens (tertiary/aromatic N) is 2. The van der Waals surface area contributed by atoms with Crippen LogP contribution in [0, 0.1) is 6.92 Å². The van der Waals surface area contributed by atoms with Gasteiger partial charge in [0.05, 0.1) is 0 Å². The number of benzene rings is 1. The molecule has 2 aromatic heterocycles. The maximum atomic E-state index is 12.1. The molecule has 1 aromatic carbocycles. The molecule has 0 bridgehead atoms. The standard InChI is InChI=1S/C20H25N3O/c1-14-12-21-18-9-8-15(10-17(14)18)6-5-7-16-11-19(23(4)13-16)20(24)22(2)3/h8-13,21H,5-7H2,1-4H3. The Morgan fingerprint density at radius 3 is 2.67 bits per heavy atom. The monoisotopic (exact) mass is 323 g/mol. The van der Waals surface area contributed by atoms with Gasteiger partial charge in [-0.25, -0.2) is 0 Å². The topological polar surface area (TPSA) is 41.0 Å². The number of rotatable bonds is 5. The number of carbonyl (C=O) groups excluding carboxylic acids is 1. The van der Waals surface area contributed by atoms with Crippen molar-refractivity contribution in [2.24, 2.45) is 7.05 Å². The summed E-state index contributed by atoms with van der Waals surface area (Å²) in [5.74, 6) is 0.0529. The molecule has 0 aliphatic rings. The molecule has 24 heavy (non-hydrogen) atoms. The zero-order valence-corrected chi connectivity index (χ0v) is 14.9. The molecule has 3 rings (SSSR count). The fourth-order valence-corrected chi connectivity index (χ4v) is 3.17. The molecule has 1 amide bonds. The molecule has 0 spiro atoms. The number of hydrogen-bond acceptors (Lipinski definition) is 1. The number of aromatic nitrogens is 2. The molecule has 0 aliphatic heterocycles. The van der Waals surface area contributed by atoms with Gasteiger partial charge in [-0.1, -0.05) is 6.07 Å². The van der Waals surface area contributed by atoms with Crippen molar-refractivity contribution in [3.8, 4) is 0 Å². The summed E-state index contributed by atoms with van der Waals surface area (Å²) in [4.78, 5) is 17.0. The summed E-state index contributed by atoms with van der Waals surface area (Å²) in [6.07, 6.45) is 7.23. The summed E-state index contributed by atoms with van der Waals surface area (Å²) < 4.78 is 1.92. The van der Waals surface area contributed by atoms with Gasteiger partial charge in [-0.15, -0.1) is 0 Å². The average molecular weight is 323 g/mol. The van der Waals surface area contributed by atoms with Crippen LogP contribution in [0.2, 0.25) is 0 Å². The Bertz CT molecular complexity index is 870. The first-order valence-electron chi connectivity index (χ1n) is 8.39. The molecule has 0 radical (unpaired) electrons. The van der Waals surface area contributed by atoms with Gasteiger partial charge in [-0.05, 0) is 61.1 Å². The minimum atomic E-state index is 0.0529. The fraction of sp³-hybridized carbons (Fsp3) is 0.350. The van der Waals surface area contributed by atoms with E-state index in [1.165, 1.54) is 27.6 Å². The van der Waals surface area contributed by atoms with Crippen LogP contribution in [-0.4, -0.2) is 34.5 Å². The van der Waals surface area contributed by atoms with E-state index in [1.807, 2.05) is 17.7 Å². The normalized spacial score (nSPS) is 11.2. The molecular weight excluding hydrogens is 298 g/mol. The average Bonchev–Trinajstić information content (AvgIpc) is 3.10. The Morgan fingerprint density at radius 1 is 1.17 bits per heavy atom. The maximum Gasteiger partial charge on any atom is 0.269 e. The molecular formula is C20H25N3O. The van der Waals surface area contributed by atoms with E-state index in [2.05, 4.69) is 42.5 Å².